The minimum Gasteiger partial charge on any atom is -0.408 e. The summed E-state index contributed by atoms with van der Waals surface area (Å²) in [6, 6.07) is 8.45. The number of nitrogens with two attached hydrogens (primary N) is 2. The summed E-state index contributed by atoms with van der Waals surface area (Å²) in [5, 5.41) is 2.78. The van der Waals surface area contributed by atoms with Gasteiger partial charge in [-0.3, -0.25) is 9.36 Å². The molecule has 3 aromatic rings. The van der Waals surface area contributed by atoms with Crippen LogP contribution in [0.4, 0.5) is 5.82 Å². The average molecular weight is 486 g/mol. The standard InChI is InChI=1S/C23H33N7O3Si/c1-23(2,3)34(4,5)33-18-16(25)15(11-24)32-22(18)30-13-28-17-19(26-12-27-20(17)30)29-21(31)14-9-7-6-8-10-14/h6-10,12-13,15-16,18,22H,11,24-25H2,1-5H3,(H,26,27,29,31)/t15-,16-,18?,22-/m1/s1/i/hT. The number of rotatable bonds is 7. The molecule has 0 radical (unpaired) electrons. The van der Waals surface area contributed by atoms with Crippen LogP contribution in [0, 0.1) is 0 Å². The summed E-state index contributed by atoms with van der Waals surface area (Å²) in [6.07, 6.45) is 1.45. The van der Waals surface area contributed by atoms with Gasteiger partial charge in [-0.25, -0.2) is 15.0 Å². The minimum atomic E-state index is -2.23. The second kappa shape index (κ2) is 9.15. The van der Waals surface area contributed by atoms with E-state index in [1.807, 2.05) is 6.07 Å². The zero-order valence-corrected chi connectivity index (χ0v) is 21.1. The van der Waals surface area contributed by atoms with Crippen molar-refractivity contribution in [1.82, 2.24) is 19.5 Å². The predicted octanol–water partition coefficient (Wildman–Crippen LogP) is 2.65. The number of ether oxygens (including phenoxy) is 1. The van der Waals surface area contributed by atoms with E-state index < -0.39 is 32.8 Å². The fourth-order valence-corrected chi connectivity index (χ4v) is 5.00. The lowest BCUT2D eigenvalue weighted by atomic mass is 10.1. The Labute approximate surface area is 201 Å². The van der Waals surface area contributed by atoms with E-state index in [2.05, 4.69) is 59.9 Å². The van der Waals surface area contributed by atoms with Gasteiger partial charge in [0.1, 0.15) is 13.8 Å². The molecule has 182 valence electrons. The Morgan fingerprint density at radius 1 is 1.26 bits per heavy atom. The molecule has 4 atom stereocenters. The average Bonchev–Trinajstić information content (AvgIpc) is 3.40. The smallest absolute Gasteiger partial charge is 0.256 e. The zero-order chi connectivity index (χ0) is 25.4. The van der Waals surface area contributed by atoms with Gasteiger partial charge in [0.05, 0.1) is 18.5 Å². The Bertz CT molecular complexity index is 1180. The van der Waals surface area contributed by atoms with Crippen LogP contribution in [-0.2, 0) is 9.16 Å². The largest absolute Gasteiger partial charge is 0.408 e. The van der Waals surface area contributed by atoms with Crippen molar-refractivity contribution in [2.75, 3.05) is 11.9 Å². The van der Waals surface area contributed by atoms with Gasteiger partial charge in [-0.2, -0.15) is 0 Å². The van der Waals surface area contributed by atoms with Crippen LogP contribution in [-0.4, -0.2) is 58.5 Å². The van der Waals surface area contributed by atoms with Gasteiger partial charge in [0.2, 0.25) is 0 Å². The number of amides is 1. The van der Waals surface area contributed by atoms with Crippen LogP contribution in [0.3, 0.4) is 0 Å². The molecule has 1 aliphatic heterocycles. The van der Waals surface area contributed by atoms with Crippen molar-refractivity contribution < 1.29 is 15.4 Å². The summed E-state index contributed by atoms with van der Waals surface area (Å²) < 4.78 is 22.8. The van der Waals surface area contributed by atoms with Crippen molar-refractivity contribution in [2.45, 2.75) is 63.4 Å². The first kappa shape index (κ1) is 23.1. The van der Waals surface area contributed by atoms with Crippen LogP contribution in [0.2, 0.25) is 19.5 Å². The summed E-state index contributed by atoms with van der Waals surface area (Å²) in [5.41, 5.74) is 10.0. The van der Waals surface area contributed by atoms with E-state index in [9.17, 15) is 4.79 Å². The molecule has 1 amide bonds. The number of aromatic nitrogens is 4. The molecule has 4 rings (SSSR count). The number of imidazole rings is 1. The molecule has 10 nitrogen and oxygen atoms in total. The van der Waals surface area contributed by atoms with E-state index in [4.69, 9.17) is 16.3 Å². The number of fused-ring (bicyclic) bond motifs is 1. The highest BCUT2D eigenvalue weighted by atomic mass is 28.4. The van der Waals surface area contributed by atoms with Gasteiger partial charge in [0.15, 0.2) is 31.5 Å². The lowest BCUT2D eigenvalue weighted by Crippen LogP contribution is -2.51. The fourth-order valence-electron chi connectivity index (χ4n) is 3.70. The zero-order valence-electron chi connectivity index (χ0n) is 21.1. The first-order chi connectivity index (χ1) is 16.6. The number of benzene rings is 1. The van der Waals surface area contributed by atoms with Crippen LogP contribution < -0.4 is 16.8 Å². The highest BCUT2D eigenvalue weighted by Crippen LogP contribution is 2.42. The normalized spacial score (nSPS) is 23.8. The number of nitrogens with zero attached hydrogens (tertiary/aromatic N) is 4. The Hall–Kier alpha value is -2.70. The molecule has 11 heteroatoms. The summed E-state index contributed by atoms with van der Waals surface area (Å²) in [7, 11) is -2.23. The summed E-state index contributed by atoms with van der Waals surface area (Å²) in [4.78, 5) is 25.9. The quantitative estimate of drug-likeness (QED) is 0.433. The number of nitrogens with one attached hydrogen (secondary N) is 1. The molecule has 0 saturated carbocycles. The van der Waals surface area contributed by atoms with Gasteiger partial charge >= 0.3 is 0 Å². The molecule has 2 aromatic heterocycles. The number of carbonyl (C=O) groups is 1. The van der Waals surface area contributed by atoms with Crippen molar-refractivity contribution in [2.24, 2.45) is 11.5 Å². The van der Waals surface area contributed by atoms with E-state index >= 15 is 0 Å². The van der Waals surface area contributed by atoms with E-state index in [0.29, 0.717) is 22.5 Å². The first-order valence-electron chi connectivity index (χ1n) is 11.8. The number of anilines is 1. The molecule has 0 aliphatic carbocycles. The van der Waals surface area contributed by atoms with Crippen LogP contribution >= 0.6 is 0 Å². The maximum Gasteiger partial charge on any atom is 0.256 e. The fraction of sp³-hybridized carbons (Fsp3) is 0.478. The van der Waals surface area contributed by atoms with Gasteiger partial charge in [0.25, 0.3) is 5.91 Å². The number of hydrogen-bond donors (Lipinski definition) is 3. The molecular formula is C23H33N7O3Si. The molecular weight excluding hydrogens is 450 g/mol. The topological polar surface area (TPSA) is 143 Å². The second-order valence-corrected chi connectivity index (χ2v) is 14.8. The highest BCUT2D eigenvalue weighted by molar-refractivity contribution is 6.74. The third kappa shape index (κ3) is 4.49. The summed E-state index contributed by atoms with van der Waals surface area (Å²) >= 11 is 0. The molecule has 34 heavy (non-hydrogen) atoms. The van der Waals surface area contributed by atoms with Gasteiger partial charge in [-0.15, -0.1) is 0 Å². The molecule has 0 bridgehead atoms. The Morgan fingerprint density at radius 3 is 2.65 bits per heavy atom. The van der Waals surface area contributed by atoms with E-state index in [1.165, 1.54) is 6.33 Å². The summed E-state index contributed by atoms with van der Waals surface area (Å²) in [6.45, 7) is 11.0. The van der Waals surface area contributed by atoms with Crippen molar-refractivity contribution >= 4 is 31.2 Å². The molecule has 5 N–H and O–H groups in total. The monoisotopic (exact) mass is 485 g/mol. The Morgan fingerprint density at radius 2 is 2.00 bits per heavy atom. The minimum absolute atomic E-state index is 0.0427. The maximum absolute atomic E-state index is 12.7. The van der Waals surface area contributed by atoms with E-state index in [1.54, 1.807) is 35.2 Å². The van der Waals surface area contributed by atoms with Gasteiger partial charge in [-0.05, 0) is 30.3 Å². The van der Waals surface area contributed by atoms with Gasteiger partial charge in [0, 0.05) is 12.1 Å². The Balaban J connectivity index is 1.70. The molecule has 0 spiro atoms. The second-order valence-electron chi connectivity index (χ2n) is 10.0. The van der Waals surface area contributed by atoms with Crippen molar-refractivity contribution in [3.8, 4) is 0 Å². The lowest BCUT2D eigenvalue weighted by Gasteiger charge is -2.40. The molecule has 1 saturated heterocycles. The third-order valence-electron chi connectivity index (χ3n) is 6.72. The van der Waals surface area contributed by atoms with Crippen molar-refractivity contribution in [1.29, 1.82) is 0 Å². The molecule has 3 heterocycles. The first-order valence-corrected chi connectivity index (χ1v) is 14.2. The van der Waals surface area contributed by atoms with Crippen molar-refractivity contribution in [3.05, 3.63) is 48.5 Å². The molecule has 1 fully saturated rings. The Kier molecular flexibility index (Phi) is 6.21. The molecule has 1 aromatic carbocycles. The molecule has 1 unspecified atom stereocenters. The number of hydrogen-bond acceptors (Lipinski definition) is 8. The van der Waals surface area contributed by atoms with Crippen molar-refractivity contribution in [3.63, 3.8) is 0 Å². The maximum atomic E-state index is 12.7. The van der Waals surface area contributed by atoms with E-state index in [0.717, 1.165) is 0 Å². The highest BCUT2D eigenvalue weighted by Gasteiger charge is 2.49. The SMILES string of the molecule is [3H]N[C@H]1C(O[Si](C)(C)C(C)(C)C)[C@H](n2cnc3c(NC(=O)c4ccccc4)ncnc32)O[C@@H]1CN. The van der Waals surface area contributed by atoms with Gasteiger partial charge in [-0.1, -0.05) is 39.0 Å². The lowest BCUT2D eigenvalue weighted by molar-refractivity contribution is -0.0285. The van der Waals surface area contributed by atoms with E-state index in [-0.39, 0.29) is 17.5 Å². The third-order valence-corrected chi connectivity index (χ3v) is 11.2. The van der Waals surface area contributed by atoms with Crippen LogP contribution in [0.15, 0.2) is 43.0 Å². The van der Waals surface area contributed by atoms with Crippen LogP contribution in [0.5, 0.6) is 0 Å². The molecule has 1 aliphatic rings. The summed E-state index contributed by atoms with van der Waals surface area (Å²) in [5.74, 6) is 0.00563. The number of carbonyl (C=O) groups excluding carboxylic acids is 1. The van der Waals surface area contributed by atoms with Crippen LogP contribution in [0.1, 0.15) is 37.4 Å². The predicted molar refractivity (Wildman–Crippen MR) is 133 cm³/mol. The van der Waals surface area contributed by atoms with Gasteiger partial charge < -0.3 is 25.9 Å². The van der Waals surface area contributed by atoms with Crippen LogP contribution in [0.25, 0.3) is 11.2 Å².